The van der Waals surface area contributed by atoms with Crippen molar-refractivity contribution in [3.8, 4) is 0 Å². The normalized spacial score (nSPS) is 11.4. The third-order valence-electron chi connectivity index (χ3n) is 1.63. The van der Waals surface area contributed by atoms with E-state index in [-0.39, 0.29) is 0 Å². The molecular weight excluding hydrogens is 194 g/mol. The van der Waals surface area contributed by atoms with E-state index in [1.165, 1.54) is 4.90 Å². The van der Waals surface area contributed by atoms with Gasteiger partial charge in [-0.2, -0.15) is 0 Å². The maximum Gasteiger partial charge on any atom is 0.121 e. The largest absolute Gasteiger partial charge is 0.312 e. The summed E-state index contributed by atoms with van der Waals surface area (Å²) in [5, 5.41) is 0. The molecule has 0 fully saturated rings. The third kappa shape index (κ3) is 3.81. The van der Waals surface area contributed by atoms with Crippen molar-refractivity contribution in [2.75, 3.05) is 12.3 Å². The molecule has 3 nitrogen and oxygen atoms in total. The van der Waals surface area contributed by atoms with Crippen LogP contribution in [0.5, 0.6) is 0 Å². The highest BCUT2D eigenvalue weighted by Gasteiger charge is 1.97. The molecule has 3 N–H and O–H groups in total. The van der Waals surface area contributed by atoms with E-state index < -0.39 is 0 Å². The van der Waals surface area contributed by atoms with Crippen molar-refractivity contribution < 1.29 is 0 Å². The first kappa shape index (κ1) is 11.1. The van der Waals surface area contributed by atoms with Crippen molar-refractivity contribution in [2.24, 2.45) is 10.8 Å². The molecule has 0 aliphatic carbocycles. The summed E-state index contributed by atoms with van der Waals surface area (Å²) in [6, 6.07) is 10.2. The fraction of sp³-hybridized carbons (Fsp3) is 0.300. The standard InChI is InChI=1S/C10H15N3S/c1-2-12-10(13-11)8-14-9-6-4-3-5-7-9/h3-7H,2,8,11H2,1H3,(H,12,13). The summed E-state index contributed by atoms with van der Waals surface area (Å²) in [5.41, 5.74) is 2.60. The molecule has 0 amide bonds. The van der Waals surface area contributed by atoms with Gasteiger partial charge in [-0.1, -0.05) is 18.2 Å². The van der Waals surface area contributed by atoms with Crippen molar-refractivity contribution in [1.29, 1.82) is 0 Å². The molecule has 4 heteroatoms. The third-order valence-corrected chi connectivity index (χ3v) is 2.66. The van der Waals surface area contributed by atoms with E-state index in [4.69, 9.17) is 5.84 Å². The number of hydrazine groups is 1. The predicted octanol–water partition coefficient (Wildman–Crippen LogP) is 1.66. The minimum atomic E-state index is 0.759. The average molecular weight is 209 g/mol. The van der Waals surface area contributed by atoms with Gasteiger partial charge in [0, 0.05) is 11.4 Å². The molecule has 0 unspecified atom stereocenters. The number of hydrogen-bond donors (Lipinski definition) is 2. The number of nitrogens with one attached hydrogen (secondary N) is 1. The Morgan fingerprint density at radius 1 is 1.43 bits per heavy atom. The Morgan fingerprint density at radius 3 is 2.71 bits per heavy atom. The second-order valence-electron chi connectivity index (χ2n) is 2.67. The van der Waals surface area contributed by atoms with Crippen LogP contribution in [0.15, 0.2) is 40.2 Å². The Morgan fingerprint density at radius 2 is 2.14 bits per heavy atom. The van der Waals surface area contributed by atoms with Crippen molar-refractivity contribution in [3.05, 3.63) is 30.3 Å². The van der Waals surface area contributed by atoms with Crippen LogP contribution in [0.3, 0.4) is 0 Å². The fourth-order valence-electron chi connectivity index (χ4n) is 0.992. The molecule has 0 bridgehead atoms. The van der Waals surface area contributed by atoms with Crippen LogP contribution in [0.25, 0.3) is 0 Å². The number of thioether (sulfide) groups is 1. The van der Waals surface area contributed by atoms with Gasteiger partial charge >= 0.3 is 0 Å². The average Bonchev–Trinajstić information content (AvgIpc) is 2.25. The van der Waals surface area contributed by atoms with E-state index >= 15 is 0 Å². The van der Waals surface area contributed by atoms with Gasteiger partial charge in [0.2, 0.25) is 0 Å². The summed E-state index contributed by atoms with van der Waals surface area (Å²) < 4.78 is 0. The lowest BCUT2D eigenvalue weighted by Gasteiger charge is -2.04. The Labute approximate surface area is 88.8 Å². The van der Waals surface area contributed by atoms with Crippen molar-refractivity contribution in [3.63, 3.8) is 0 Å². The summed E-state index contributed by atoms with van der Waals surface area (Å²) in [6.45, 7) is 2.75. The van der Waals surface area contributed by atoms with E-state index in [9.17, 15) is 0 Å². The lowest BCUT2D eigenvalue weighted by atomic mass is 10.4. The zero-order chi connectivity index (χ0) is 10.2. The molecule has 0 heterocycles. The van der Waals surface area contributed by atoms with Gasteiger partial charge in [-0.05, 0) is 19.1 Å². The van der Waals surface area contributed by atoms with Crippen LogP contribution in [0, 0.1) is 0 Å². The van der Waals surface area contributed by atoms with Crippen LogP contribution in [0.2, 0.25) is 0 Å². The summed E-state index contributed by atoms with van der Waals surface area (Å²) in [5.74, 6) is 6.95. The maximum absolute atomic E-state index is 5.33. The van der Waals surface area contributed by atoms with E-state index in [0.717, 1.165) is 18.1 Å². The summed E-state index contributed by atoms with van der Waals surface area (Å²) in [7, 11) is 0. The molecular formula is C10H15N3S. The van der Waals surface area contributed by atoms with Gasteiger partial charge in [-0.25, -0.2) is 5.84 Å². The zero-order valence-electron chi connectivity index (χ0n) is 8.23. The quantitative estimate of drug-likeness (QED) is 0.261. The van der Waals surface area contributed by atoms with E-state index in [2.05, 4.69) is 22.6 Å². The molecule has 0 saturated heterocycles. The number of amidine groups is 1. The van der Waals surface area contributed by atoms with Gasteiger partial charge in [0.05, 0.1) is 5.75 Å². The van der Waals surface area contributed by atoms with Crippen LogP contribution >= 0.6 is 11.8 Å². The van der Waals surface area contributed by atoms with Gasteiger partial charge in [-0.15, -0.1) is 11.8 Å². The van der Waals surface area contributed by atoms with Crippen molar-refractivity contribution in [2.45, 2.75) is 11.8 Å². The number of nitrogens with two attached hydrogens (primary N) is 1. The van der Waals surface area contributed by atoms with Crippen LogP contribution < -0.4 is 11.3 Å². The van der Waals surface area contributed by atoms with Crippen LogP contribution in [-0.4, -0.2) is 18.1 Å². The highest BCUT2D eigenvalue weighted by atomic mass is 32.2. The first-order valence-electron chi connectivity index (χ1n) is 4.54. The van der Waals surface area contributed by atoms with Gasteiger partial charge in [0.15, 0.2) is 0 Å². The van der Waals surface area contributed by atoms with E-state index in [1.54, 1.807) is 11.8 Å². The SMILES string of the molecule is CCN=C(CSc1ccccc1)NN. The Hall–Kier alpha value is -1.00. The molecule has 0 spiro atoms. The minimum absolute atomic E-state index is 0.759. The first-order chi connectivity index (χ1) is 6.86. The second kappa shape index (κ2) is 6.45. The minimum Gasteiger partial charge on any atom is -0.312 e. The molecule has 1 rings (SSSR count). The fourth-order valence-corrected chi connectivity index (χ4v) is 1.82. The van der Waals surface area contributed by atoms with Gasteiger partial charge in [0.25, 0.3) is 0 Å². The molecule has 14 heavy (non-hydrogen) atoms. The topological polar surface area (TPSA) is 50.4 Å². The van der Waals surface area contributed by atoms with Crippen LogP contribution in [-0.2, 0) is 0 Å². The highest BCUT2D eigenvalue weighted by Crippen LogP contribution is 2.16. The molecule has 0 saturated carbocycles. The number of aliphatic imine (C=N–C) groups is 1. The molecule has 76 valence electrons. The van der Waals surface area contributed by atoms with E-state index in [0.29, 0.717) is 0 Å². The molecule has 0 aliphatic rings. The van der Waals surface area contributed by atoms with Crippen LogP contribution in [0.4, 0.5) is 0 Å². The lowest BCUT2D eigenvalue weighted by Crippen LogP contribution is -2.32. The highest BCUT2D eigenvalue weighted by molar-refractivity contribution is 8.00. The Balaban J connectivity index is 2.44. The van der Waals surface area contributed by atoms with Gasteiger partial charge in [0.1, 0.15) is 5.84 Å². The molecule has 0 aromatic heterocycles. The zero-order valence-corrected chi connectivity index (χ0v) is 9.05. The molecule has 0 aliphatic heterocycles. The predicted molar refractivity (Wildman–Crippen MR) is 62.5 cm³/mol. The van der Waals surface area contributed by atoms with Crippen molar-refractivity contribution in [1.82, 2.24) is 5.43 Å². The van der Waals surface area contributed by atoms with Crippen LogP contribution in [0.1, 0.15) is 6.92 Å². The number of benzene rings is 1. The Bertz CT molecular complexity index is 285. The lowest BCUT2D eigenvalue weighted by molar-refractivity contribution is 0.986. The summed E-state index contributed by atoms with van der Waals surface area (Å²) in [6.07, 6.45) is 0. The second-order valence-corrected chi connectivity index (χ2v) is 3.72. The number of nitrogens with zero attached hydrogens (tertiary/aromatic N) is 1. The Kier molecular flexibility index (Phi) is 5.11. The summed E-state index contributed by atoms with van der Waals surface area (Å²) in [4.78, 5) is 5.45. The molecule has 0 atom stereocenters. The van der Waals surface area contributed by atoms with Crippen molar-refractivity contribution >= 4 is 17.6 Å². The summed E-state index contributed by atoms with van der Waals surface area (Å²) >= 11 is 1.72. The molecule has 1 aromatic carbocycles. The molecule has 0 radical (unpaired) electrons. The first-order valence-corrected chi connectivity index (χ1v) is 5.53. The number of rotatable bonds is 4. The smallest absolute Gasteiger partial charge is 0.121 e. The maximum atomic E-state index is 5.33. The van der Waals surface area contributed by atoms with Gasteiger partial charge < -0.3 is 5.43 Å². The molecule has 1 aromatic rings. The van der Waals surface area contributed by atoms with Gasteiger partial charge in [-0.3, -0.25) is 4.99 Å². The van der Waals surface area contributed by atoms with E-state index in [1.807, 2.05) is 25.1 Å². The monoisotopic (exact) mass is 209 g/mol. The number of hydrogen-bond acceptors (Lipinski definition) is 3.